The Morgan fingerprint density at radius 1 is 1.75 bits per heavy atom. The first-order valence-corrected chi connectivity index (χ1v) is 3.60. The minimum absolute atomic E-state index is 0.0656. The third-order valence-electron chi connectivity index (χ3n) is 1.30. The van der Waals surface area contributed by atoms with E-state index in [2.05, 4.69) is 15.5 Å². The lowest BCUT2D eigenvalue weighted by atomic mass is 10.5. The predicted molar refractivity (Wildman–Crippen MR) is 43.1 cm³/mol. The molecule has 1 rings (SSSR count). The van der Waals surface area contributed by atoms with Crippen molar-refractivity contribution in [1.29, 1.82) is 5.41 Å². The first-order valence-electron chi connectivity index (χ1n) is 3.60. The topological polar surface area (TPSA) is 96.7 Å². The van der Waals surface area contributed by atoms with Crippen LogP contribution in [0.2, 0.25) is 0 Å². The SMILES string of the molecule is CCCN(C(=N)N)n1cnnn1. The molecule has 7 heteroatoms. The summed E-state index contributed by atoms with van der Waals surface area (Å²) in [5.74, 6) is -0.0656. The number of tetrazole rings is 1. The zero-order chi connectivity index (χ0) is 8.97. The molecule has 0 aromatic carbocycles. The van der Waals surface area contributed by atoms with Crippen molar-refractivity contribution in [3.8, 4) is 0 Å². The van der Waals surface area contributed by atoms with Crippen molar-refractivity contribution in [2.45, 2.75) is 13.3 Å². The Bertz CT molecular complexity index is 240. The second kappa shape index (κ2) is 3.65. The molecule has 7 nitrogen and oxygen atoms in total. The number of nitrogens with one attached hydrogen (secondary N) is 1. The van der Waals surface area contributed by atoms with Crippen LogP contribution in [0.1, 0.15) is 13.3 Å². The van der Waals surface area contributed by atoms with Crippen molar-refractivity contribution < 1.29 is 0 Å². The first-order chi connectivity index (χ1) is 5.75. The zero-order valence-electron chi connectivity index (χ0n) is 6.80. The van der Waals surface area contributed by atoms with Gasteiger partial charge in [0.2, 0.25) is 5.96 Å². The first kappa shape index (κ1) is 8.44. The summed E-state index contributed by atoms with van der Waals surface area (Å²) in [6.07, 6.45) is 2.27. The molecule has 3 N–H and O–H groups in total. The van der Waals surface area contributed by atoms with Crippen LogP contribution in [0.25, 0.3) is 0 Å². The molecule has 12 heavy (non-hydrogen) atoms. The standard InChI is InChI=1S/C5H11N7/c1-2-3-11(5(6)7)12-4-8-9-10-12/h4H,2-3H2,1H3,(H3,6,7). The third-order valence-corrected chi connectivity index (χ3v) is 1.30. The summed E-state index contributed by atoms with van der Waals surface area (Å²) < 4.78 is 0. The summed E-state index contributed by atoms with van der Waals surface area (Å²) in [5, 5.41) is 19.2. The van der Waals surface area contributed by atoms with Crippen molar-refractivity contribution in [3.63, 3.8) is 0 Å². The molecular formula is C5H11N7. The largest absolute Gasteiger partial charge is 0.369 e. The maximum Gasteiger partial charge on any atom is 0.209 e. The summed E-state index contributed by atoms with van der Waals surface area (Å²) >= 11 is 0. The quantitative estimate of drug-likeness (QED) is 0.443. The fourth-order valence-electron chi connectivity index (χ4n) is 0.812. The Hall–Kier alpha value is -1.66. The summed E-state index contributed by atoms with van der Waals surface area (Å²) in [6, 6.07) is 0. The van der Waals surface area contributed by atoms with Crippen molar-refractivity contribution >= 4 is 5.96 Å². The summed E-state index contributed by atoms with van der Waals surface area (Å²) in [7, 11) is 0. The maximum absolute atomic E-state index is 7.22. The number of rotatable bonds is 3. The highest BCUT2D eigenvalue weighted by molar-refractivity contribution is 5.84. The van der Waals surface area contributed by atoms with E-state index in [-0.39, 0.29) is 5.96 Å². The monoisotopic (exact) mass is 169 g/mol. The molecule has 0 spiro atoms. The van der Waals surface area contributed by atoms with Crippen LogP contribution >= 0.6 is 0 Å². The lowest BCUT2D eigenvalue weighted by Gasteiger charge is -2.19. The van der Waals surface area contributed by atoms with Crippen LogP contribution in [0.3, 0.4) is 0 Å². The van der Waals surface area contributed by atoms with Crippen LogP contribution < -0.4 is 10.7 Å². The molecule has 0 saturated carbocycles. The Kier molecular flexibility index (Phi) is 2.57. The fraction of sp³-hybridized carbons (Fsp3) is 0.600. The molecule has 66 valence electrons. The molecule has 0 aliphatic heterocycles. The van der Waals surface area contributed by atoms with Gasteiger partial charge in [0, 0.05) is 6.54 Å². The van der Waals surface area contributed by atoms with Crippen LogP contribution in [0, 0.1) is 5.41 Å². The van der Waals surface area contributed by atoms with E-state index in [1.165, 1.54) is 16.1 Å². The summed E-state index contributed by atoms with van der Waals surface area (Å²) in [6.45, 7) is 2.61. The van der Waals surface area contributed by atoms with Crippen LogP contribution in [-0.4, -0.2) is 32.8 Å². The number of nitrogens with zero attached hydrogens (tertiary/aromatic N) is 5. The molecular weight excluding hydrogens is 158 g/mol. The number of hydrogen-bond acceptors (Lipinski definition) is 4. The highest BCUT2D eigenvalue weighted by atomic mass is 15.7. The van der Waals surface area contributed by atoms with E-state index in [1.807, 2.05) is 6.92 Å². The minimum Gasteiger partial charge on any atom is -0.369 e. The molecule has 1 heterocycles. The average molecular weight is 169 g/mol. The smallest absolute Gasteiger partial charge is 0.209 e. The van der Waals surface area contributed by atoms with Crippen LogP contribution in [-0.2, 0) is 0 Å². The number of aromatic nitrogens is 4. The van der Waals surface area contributed by atoms with Gasteiger partial charge >= 0.3 is 0 Å². The Balaban J connectivity index is 2.73. The second-order valence-electron chi connectivity index (χ2n) is 2.24. The van der Waals surface area contributed by atoms with E-state index < -0.39 is 0 Å². The molecule has 0 unspecified atom stereocenters. The van der Waals surface area contributed by atoms with Gasteiger partial charge in [-0.05, 0) is 16.8 Å². The van der Waals surface area contributed by atoms with Gasteiger partial charge in [0.05, 0.1) is 0 Å². The molecule has 0 atom stereocenters. The average Bonchev–Trinajstić information content (AvgIpc) is 2.51. The molecule has 0 aliphatic rings. The lowest BCUT2D eigenvalue weighted by Crippen LogP contribution is -2.45. The van der Waals surface area contributed by atoms with Gasteiger partial charge in [0.15, 0.2) is 6.33 Å². The van der Waals surface area contributed by atoms with Gasteiger partial charge in [0.25, 0.3) is 0 Å². The van der Waals surface area contributed by atoms with E-state index >= 15 is 0 Å². The molecule has 0 amide bonds. The van der Waals surface area contributed by atoms with Crippen LogP contribution in [0.15, 0.2) is 6.33 Å². The predicted octanol–water partition coefficient (Wildman–Crippen LogP) is -1.09. The van der Waals surface area contributed by atoms with Crippen LogP contribution in [0.5, 0.6) is 0 Å². The lowest BCUT2D eigenvalue weighted by molar-refractivity contribution is 0.593. The van der Waals surface area contributed by atoms with Gasteiger partial charge in [-0.2, -0.15) is 0 Å². The van der Waals surface area contributed by atoms with Gasteiger partial charge in [-0.25, -0.2) is 5.01 Å². The fourth-order valence-corrected chi connectivity index (χ4v) is 0.812. The normalized spacial score (nSPS) is 9.75. The Labute approximate surface area is 69.6 Å². The van der Waals surface area contributed by atoms with Gasteiger partial charge in [0.1, 0.15) is 0 Å². The molecule has 1 aromatic heterocycles. The zero-order valence-corrected chi connectivity index (χ0v) is 6.80. The van der Waals surface area contributed by atoms with Gasteiger partial charge in [-0.1, -0.05) is 6.92 Å². The highest BCUT2D eigenvalue weighted by Crippen LogP contribution is 1.87. The van der Waals surface area contributed by atoms with Crippen molar-refractivity contribution in [1.82, 2.24) is 20.3 Å². The molecule has 0 saturated heterocycles. The number of hydrogen-bond donors (Lipinski definition) is 2. The van der Waals surface area contributed by atoms with Crippen molar-refractivity contribution in [3.05, 3.63) is 6.33 Å². The van der Waals surface area contributed by atoms with Gasteiger partial charge < -0.3 is 5.73 Å². The molecule has 1 aromatic rings. The third kappa shape index (κ3) is 1.68. The van der Waals surface area contributed by atoms with E-state index in [4.69, 9.17) is 11.1 Å². The van der Waals surface area contributed by atoms with Crippen LogP contribution in [0.4, 0.5) is 0 Å². The Morgan fingerprint density at radius 3 is 2.92 bits per heavy atom. The highest BCUT2D eigenvalue weighted by Gasteiger charge is 2.07. The second-order valence-corrected chi connectivity index (χ2v) is 2.24. The van der Waals surface area contributed by atoms with E-state index in [0.717, 1.165) is 6.42 Å². The van der Waals surface area contributed by atoms with E-state index in [9.17, 15) is 0 Å². The van der Waals surface area contributed by atoms with E-state index in [1.54, 1.807) is 0 Å². The summed E-state index contributed by atoms with van der Waals surface area (Å²) in [5.41, 5.74) is 5.31. The number of guanidine groups is 1. The number of nitrogens with two attached hydrogens (primary N) is 1. The van der Waals surface area contributed by atoms with Gasteiger partial charge in [-0.3, -0.25) is 5.41 Å². The maximum atomic E-state index is 7.22. The molecule has 0 radical (unpaired) electrons. The van der Waals surface area contributed by atoms with E-state index in [0.29, 0.717) is 6.54 Å². The molecule has 0 bridgehead atoms. The molecule has 0 aliphatic carbocycles. The minimum atomic E-state index is -0.0656. The van der Waals surface area contributed by atoms with Crippen molar-refractivity contribution in [2.24, 2.45) is 5.73 Å². The Morgan fingerprint density at radius 2 is 2.50 bits per heavy atom. The van der Waals surface area contributed by atoms with Gasteiger partial charge in [-0.15, -0.1) is 9.89 Å². The molecule has 0 fully saturated rings. The van der Waals surface area contributed by atoms with Crippen molar-refractivity contribution in [2.75, 3.05) is 11.6 Å². The summed E-state index contributed by atoms with van der Waals surface area (Å²) in [4.78, 5) is 1.34.